The average molecular weight is 312 g/mol. The zero-order valence-electron chi connectivity index (χ0n) is 9.49. The lowest BCUT2D eigenvalue weighted by molar-refractivity contribution is 0.417. The molecule has 94 valence electrons. The number of nitrogens with one attached hydrogen (secondary N) is 1. The summed E-state index contributed by atoms with van der Waals surface area (Å²) in [4.78, 5) is 4.19. The van der Waals surface area contributed by atoms with Crippen LogP contribution in [-0.2, 0) is 6.54 Å². The largest absolute Gasteiger partial charge is 0.334 e. The van der Waals surface area contributed by atoms with Crippen LogP contribution in [0.15, 0.2) is 27.2 Å². The Kier molecular flexibility index (Phi) is 3.13. The number of nitrogens with zero attached hydrogens (tertiary/aromatic N) is 2. The molecule has 1 aromatic heterocycles. The lowest BCUT2D eigenvalue weighted by atomic mass is 10.2. The van der Waals surface area contributed by atoms with Crippen molar-refractivity contribution in [2.24, 2.45) is 0 Å². The van der Waals surface area contributed by atoms with Crippen molar-refractivity contribution in [3.63, 3.8) is 0 Å². The summed E-state index contributed by atoms with van der Waals surface area (Å²) in [6.07, 6.45) is 2.40. The van der Waals surface area contributed by atoms with E-state index in [4.69, 9.17) is 4.52 Å². The number of rotatable bonds is 4. The van der Waals surface area contributed by atoms with Gasteiger partial charge < -0.3 is 9.84 Å². The lowest BCUT2D eigenvalue weighted by Crippen LogP contribution is -2.16. The van der Waals surface area contributed by atoms with Crippen LogP contribution in [0.2, 0.25) is 0 Å². The van der Waals surface area contributed by atoms with Crippen LogP contribution in [0.3, 0.4) is 0 Å². The zero-order chi connectivity index (χ0) is 12.5. The number of hydrogen-bond acceptors (Lipinski definition) is 4. The van der Waals surface area contributed by atoms with E-state index in [9.17, 15) is 4.39 Å². The summed E-state index contributed by atoms with van der Waals surface area (Å²) < 4.78 is 19.4. The molecule has 1 aliphatic rings. The minimum Gasteiger partial charge on any atom is -0.334 e. The minimum atomic E-state index is -0.380. The highest BCUT2D eigenvalue weighted by Gasteiger charge is 2.22. The molecule has 0 amide bonds. The molecule has 0 aliphatic heterocycles. The van der Waals surface area contributed by atoms with Crippen molar-refractivity contribution < 1.29 is 8.91 Å². The van der Waals surface area contributed by atoms with E-state index in [1.807, 2.05) is 0 Å². The summed E-state index contributed by atoms with van der Waals surface area (Å²) in [5.41, 5.74) is 0.308. The minimum absolute atomic E-state index is 0.201. The van der Waals surface area contributed by atoms with Crippen molar-refractivity contribution in [1.82, 2.24) is 15.5 Å². The van der Waals surface area contributed by atoms with Gasteiger partial charge in [0.2, 0.25) is 0 Å². The van der Waals surface area contributed by atoms with Crippen LogP contribution < -0.4 is 5.32 Å². The van der Waals surface area contributed by atoms with E-state index in [1.165, 1.54) is 18.9 Å². The van der Waals surface area contributed by atoms with Crippen LogP contribution >= 0.6 is 15.9 Å². The Hall–Kier alpha value is -1.27. The number of aromatic nitrogens is 2. The van der Waals surface area contributed by atoms with Crippen LogP contribution in [0, 0.1) is 5.82 Å². The smallest absolute Gasteiger partial charge is 0.262 e. The molecule has 1 heterocycles. The highest BCUT2D eigenvalue weighted by Crippen LogP contribution is 2.29. The summed E-state index contributed by atoms with van der Waals surface area (Å²) in [6.45, 7) is 0.556. The first kappa shape index (κ1) is 11.8. The summed E-state index contributed by atoms with van der Waals surface area (Å²) in [5, 5.41) is 7.11. The Morgan fingerprint density at radius 2 is 2.28 bits per heavy atom. The average Bonchev–Trinajstić information content (AvgIpc) is 3.06. The van der Waals surface area contributed by atoms with Gasteiger partial charge in [-0.05, 0) is 40.9 Å². The maximum atomic E-state index is 13.7. The van der Waals surface area contributed by atoms with Gasteiger partial charge in [-0.25, -0.2) is 4.39 Å². The van der Waals surface area contributed by atoms with Crippen molar-refractivity contribution in [3.8, 4) is 11.5 Å². The van der Waals surface area contributed by atoms with Gasteiger partial charge in [-0.2, -0.15) is 4.98 Å². The molecule has 6 heteroatoms. The SMILES string of the molecule is Fc1cccc(Br)c1-c1nc(CNC2CC2)no1. The highest BCUT2D eigenvalue weighted by molar-refractivity contribution is 9.10. The molecule has 1 fully saturated rings. The number of hydrogen-bond donors (Lipinski definition) is 1. The van der Waals surface area contributed by atoms with Gasteiger partial charge in [0.25, 0.3) is 5.89 Å². The van der Waals surface area contributed by atoms with Crippen LogP contribution in [0.4, 0.5) is 4.39 Å². The van der Waals surface area contributed by atoms with Crippen LogP contribution in [0.5, 0.6) is 0 Å². The van der Waals surface area contributed by atoms with Crippen molar-refractivity contribution in [3.05, 3.63) is 34.3 Å². The third kappa shape index (κ3) is 2.44. The first-order valence-electron chi connectivity index (χ1n) is 5.74. The van der Waals surface area contributed by atoms with Gasteiger partial charge in [0, 0.05) is 10.5 Å². The second kappa shape index (κ2) is 4.78. The molecule has 4 nitrogen and oxygen atoms in total. The molecule has 0 radical (unpaired) electrons. The summed E-state index contributed by atoms with van der Waals surface area (Å²) in [6, 6.07) is 5.30. The fraction of sp³-hybridized carbons (Fsp3) is 0.333. The first-order valence-corrected chi connectivity index (χ1v) is 6.53. The van der Waals surface area contributed by atoms with Crippen molar-refractivity contribution >= 4 is 15.9 Å². The normalized spacial score (nSPS) is 15.0. The maximum Gasteiger partial charge on any atom is 0.262 e. The lowest BCUT2D eigenvalue weighted by Gasteiger charge is -1.99. The monoisotopic (exact) mass is 311 g/mol. The Labute approximate surface area is 112 Å². The van der Waals surface area contributed by atoms with E-state index >= 15 is 0 Å². The molecule has 1 aromatic carbocycles. The molecule has 0 unspecified atom stereocenters. The van der Waals surface area contributed by atoms with Gasteiger partial charge in [-0.15, -0.1) is 0 Å². The van der Waals surface area contributed by atoms with Crippen LogP contribution in [0.1, 0.15) is 18.7 Å². The molecular formula is C12H11BrFN3O. The molecule has 1 N–H and O–H groups in total. The maximum absolute atomic E-state index is 13.7. The summed E-state index contributed by atoms with van der Waals surface area (Å²) in [5.74, 6) is 0.370. The van der Waals surface area contributed by atoms with Gasteiger partial charge in [-0.1, -0.05) is 11.2 Å². The molecule has 1 aliphatic carbocycles. The van der Waals surface area contributed by atoms with Gasteiger partial charge in [-0.3, -0.25) is 0 Å². The predicted octanol–water partition coefficient (Wildman–Crippen LogP) is 2.89. The van der Waals surface area contributed by atoms with Gasteiger partial charge in [0.1, 0.15) is 5.82 Å². The number of halogens is 2. The number of benzene rings is 1. The van der Waals surface area contributed by atoms with Crippen molar-refractivity contribution in [1.29, 1.82) is 0 Å². The fourth-order valence-corrected chi connectivity index (χ4v) is 2.16. The zero-order valence-corrected chi connectivity index (χ0v) is 11.1. The van der Waals surface area contributed by atoms with E-state index in [0.717, 1.165) is 0 Å². The third-order valence-corrected chi connectivity index (χ3v) is 3.43. The molecule has 3 rings (SSSR count). The third-order valence-electron chi connectivity index (χ3n) is 2.77. The summed E-state index contributed by atoms with van der Waals surface area (Å²) >= 11 is 3.28. The Morgan fingerprint density at radius 3 is 3.00 bits per heavy atom. The van der Waals surface area contributed by atoms with Gasteiger partial charge in [0.05, 0.1) is 12.1 Å². The Morgan fingerprint density at radius 1 is 1.44 bits per heavy atom. The molecule has 0 saturated heterocycles. The second-order valence-corrected chi connectivity index (χ2v) is 5.12. The van der Waals surface area contributed by atoms with E-state index in [1.54, 1.807) is 12.1 Å². The molecule has 18 heavy (non-hydrogen) atoms. The molecule has 0 spiro atoms. The molecular weight excluding hydrogens is 301 g/mol. The van der Waals surface area contributed by atoms with Crippen molar-refractivity contribution in [2.45, 2.75) is 25.4 Å². The van der Waals surface area contributed by atoms with E-state index in [-0.39, 0.29) is 11.7 Å². The molecule has 2 aromatic rings. The summed E-state index contributed by atoms with van der Waals surface area (Å²) in [7, 11) is 0. The van der Waals surface area contributed by atoms with Gasteiger partial charge in [0.15, 0.2) is 5.82 Å². The van der Waals surface area contributed by atoms with Gasteiger partial charge >= 0.3 is 0 Å². The quantitative estimate of drug-likeness (QED) is 0.943. The van der Waals surface area contributed by atoms with E-state index in [2.05, 4.69) is 31.4 Å². The fourth-order valence-electron chi connectivity index (χ4n) is 1.65. The van der Waals surface area contributed by atoms with Crippen molar-refractivity contribution in [2.75, 3.05) is 0 Å². The first-order chi connectivity index (χ1) is 8.74. The van der Waals surface area contributed by atoms with E-state index < -0.39 is 0 Å². The van der Waals surface area contributed by atoms with E-state index in [0.29, 0.717) is 28.4 Å². The van der Waals surface area contributed by atoms with Crippen LogP contribution in [-0.4, -0.2) is 16.2 Å². The standard InChI is InChI=1S/C12H11BrFN3O/c13-8-2-1-3-9(14)11(8)12-16-10(17-18-12)6-15-7-4-5-7/h1-3,7,15H,4-6H2. The molecule has 0 atom stereocenters. The highest BCUT2D eigenvalue weighted by atomic mass is 79.9. The Bertz CT molecular complexity index is 548. The predicted molar refractivity (Wildman–Crippen MR) is 67.3 cm³/mol. The Balaban J connectivity index is 1.83. The second-order valence-electron chi connectivity index (χ2n) is 4.27. The topological polar surface area (TPSA) is 51.0 Å². The molecule has 0 bridgehead atoms. The van der Waals surface area contributed by atoms with Crippen LogP contribution in [0.25, 0.3) is 11.5 Å². The molecule has 1 saturated carbocycles.